The molecule has 7 nitrogen and oxygen atoms in total. The van der Waals surface area contributed by atoms with Crippen molar-refractivity contribution in [3.8, 4) is 0 Å². The molecule has 2 aromatic carbocycles. The van der Waals surface area contributed by atoms with E-state index in [9.17, 15) is 15.0 Å². The SMILES string of the molecule is C[C@H]1[C@@H](CSCCO)O[C@@H](c2ccc(NC(=O)c3cccnc3)cc2)O[C@H]1c1ccc(CO)cc1. The molecule has 4 atom stereocenters. The number of thioether (sulfide) groups is 1. The van der Waals surface area contributed by atoms with Crippen LogP contribution in [-0.2, 0) is 16.1 Å². The highest BCUT2D eigenvalue weighted by Crippen LogP contribution is 2.42. The summed E-state index contributed by atoms with van der Waals surface area (Å²) in [7, 11) is 0. The van der Waals surface area contributed by atoms with Gasteiger partial charge in [-0.15, -0.1) is 0 Å². The number of aromatic nitrogens is 1. The van der Waals surface area contributed by atoms with Crippen LogP contribution < -0.4 is 5.32 Å². The maximum atomic E-state index is 12.4. The second-order valence-electron chi connectivity index (χ2n) is 8.44. The van der Waals surface area contributed by atoms with E-state index in [1.54, 1.807) is 30.1 Å². The van der Waals surface area contributed by atoms with E-state index in [-0.39, 0.29) is 37.2 Å². The molecule has 0 bridgehead atoms. The average molecular weight is 495 g/mol. The number of hydrogen-bond acceptors (Lipinski definition) is 7. The van der Waals surface area contributed by atoms with Gasteiger partial charge in [-0.1, -0.05) is 43.3 Å². The number of aliphatic hydroxyl groups excluding tert-OH is 2. The van der Waals surface area contributed by atoms with Crippen molar-refractivity contribution in [2.24, 2.45) is 5.92 Å². The van der Waals surface area contributed by atoms with E-state index in [1.807, 2.05) is 48.5 Å². The van der Waals surface area contributed by atoms with Crippen LogP contribution in [-0.4, -0.2) is 45.3 Å². The van der Waals surface area contributed by atoms with Crippen molar-refractivity contribution in [1.29, 1.82) is 0 Å². The van der Waals surface area contributed by atoms with Crippen LogP contribution in [0.2, 0.25) is 0 Å². The van der Waals surface area contributed by atoms with Gasteiger partial charge in [0.1, 0.15) is 0 Å². The number of carbonyl (C=O) groups excluding carboxylic acids is 1. The minimum Gasteiger partial charge on any atom is -0.396 e. The molecule has 1 aromatic heterocycles. The molecule has 3 N–H and O–H groups in total. The molecule has 0 saturated carbocycles. The number of amides is 1. The quantitative estimate of drug-likeness (QED) is 0.380. The van der Waals surface area contributed by atoms with Crippen LogP contribution in [0.1, 0.15) is 46.4 Å². The highest BCUT2D eigenvalue weighted by molar-refractivity contribution is 7.99. The summed E-state index contributed by atoms with van der Waals surface area (Å²) in [5.41, 5.74) is 3.88. The average Bonchev–Trinajstić information content (AvgIpc) is 2.91. The monoisotopic (exact) mass is 494 g/mol. The Bertz CT molecular complexity index is 1080. The van der Waals surface area contributed by atoms with Crippen molar-refractivity contribution in [2.45, 2.75) is 32.0 Å². The van der Waals surface area contributed by atoms with E-state index in [1.165, 1.54) is 6.20 Å². The summed E-state index contributed by atoms with van der Waals surface area (Å²) in [6.45, 7) is 2.24. The number of ether oxygens (including phenoxy) is 2. The minimum atomic E-state index is -0.573. The number of nitrogens with one attached hydrogen (secondary N) is 1. The number of aliphatic hydroxyl groups is 2. The number of nitrogens with zero attached hydrogens (tertiary/aromatic N) is 1. The van der Waals surface area contributed by atoms with Crippen LogP contribution in [0.25, 0.3) is 0 Å². The molecule has 1 fully saturated rings. The predicted octanol–water partition coefficient (Wildman–Crippen LogP) is 4.34. The molecule has 3 aromatic rings. The van der Waals surface area contributed by atoms with E-state index < -0.39 is 6.29 Å². The van der Waals surface area contributed by atoms with Gasteiger partial charge in [-0.05, 0) is 35.4 Å². The molecule has 1 aliphatic heterocycles. The van der Waals surface area contributed by atoms with Crippen molar-refractivity contribution in [1.82, 2.24) is 4.98 Å². The number of benzene rings is 2. The number of rotatable bonds is 9. The zero-order valence-electron chi connectivity index (χ0n) is 19.5. The highest BCUT2D eigenvalue weighted by Gasteiger charge is 2.38. The number of anilines is 1. The van der Waals surface area contributed by atoms with Crippen molar-refractivity contribution >= 4 is 23.4 Å². The van der Waals surface area contributed by atoms with Crippen molar-refractivity contribution in [2.75, 3.05) is 23.4 Å². The van der Waals surface area contributed by atoms with Gasteiger partial charge in [-0.25, -0.2) is 0 Å². The fraction of sp³-hybridized carbons (Fsp3) is 0.333. The normalized spacial score (nSPS) is 22.0. The largest absolute Gasteiger partial charge is 0.396 e. The summed E-state index contributed by atoms with van der Waals surface area (Å²) in [5.74, 6) is 1.26. The fourth-order valence-electron chi connectivity index (χ4n) is 4.00. The van der Waals surface area contributed by atoms with Crippen LogP contribution in [0.15, 0.2) is 73.1 Å². The number of pyridine rings is 1. The van der Waals surface area contributed by atoms with Gasteiger partial charge >= 0.3 is 0 Å². The maximum Gasteiger partial charge on any atom is 0.257 e. The summed E-state index contributed by atoms with van der Waals surface area (Å²) < 4.78 is 12.8. The third-order valence-corrected chi connectivity index (χ3v) is 7.04. The van der Waals surface area contributed by atoms with E-state index in [0.717, 1.165) is 22.4 Å². The fourth-order valence-corrected chi connectivity index (χ4v) is 4.91. The first-order valence-corrected chi connectivity index (χ1v) is 12.7. The summed E-state index contributed by atoms with van der Waals surface area (Å²) in [6, 6.07) is 18.7. The van der Waals surface area contributed by atoms with Crippen LogP contribution in [0, 0.1) is 5.92 Å². The number of carbonyl (C=O) groups is 1. The molecule has 35 heavy (non-hydrogen) atoms. The molecule has 2 heterocycles. The van der Waals surface area contributed by atoms with Crippen molar-refractivity contribution in [3.05, 3.63) is 95.3 Å². The zero-order chi connectivity index (χ0) is 24.6. The Morgan fingerprint density at radius 1 is 1.03 bits per heavy atom. The Morgan fingerprint density at radius 2 is 1.77 bits per heavy atom. The van der Waals surface area contributed by atoms with E-state index in [0.29, 0.717) is 17.0 Å². The highest BCUT2D eigenvalue weighted by atomic mass is 32.2. The first kappa shape index (κ1) is 25.3. The third kappa shape index (κ3) is 6.48. The van der Waals surface area contributed by atoms with Gasteiger partial charge in [0, 0.05) is 41.1 Å². The Labute approximate surface area is 209 Å². The third-order valence-electron chi connectivity index (χ3n) is 6.01. The molecule has 8 heteroatoms. The van der Waals surface area contributed by atoms with Gasteiger partial charge in [0.25, 0.3) is 5.91 Å². The molecule has 0 unspecified atom stereocenters. The van der Waals surface area contributed by atoms with Crippen LogP contribution in [0.5, 0.6) is 0 Å². The lowest BCUT2D eigenvalue weighted by Crippen LogP contribution is -2.38. The topological polar surface area (TPSA) is 101 Å². The molecule has 4 rings (SSSR count). The van der Waals surface area contributed by atoms with Crippen molar-refractivity contribution < 1.29 is 24.5 Å². The molecule has 1 aliphatic rings. The van der Waals surface area contributed by atoms with Crippen molar-refractivity contribution in [3.63, 3.8) is 0 Å². The molecule has 1 amide bonds. The second-order valence-corrected chi connectivity index (χ2v) is 9.59. The van der Waals surface area contributed by atoms with Gasteiger partial charge in [-0.2, -0.15) is 11.8 Å². The molecular formula is C27H30N2O5S. The lowest BCUT2D eigenvalue weighted by Gasteiger charge is -2.41. The first-order valence-electron chi connectivity index (χ1n) is 11.6. The summed E-state index contributed by atoms with van der Waals surface area (Å²) >= 11 is 1.66. The molecule has 0 aliphatic carbocycles. The molecule has 0 spiro atoms. The van der Waals surface area contributed by atoms with Crippen LogP contribution in [0.4, 0.5) is 5.69 Å². The van der Waals surface area contributed by atoms with Crippen LogP contribution >= 0.6 is 11.8 Å². The first-order chi connectivity index (χ1) is 17.1. The molecule has 184 valence electrons. The Balaban J connectivity index is 1.50. The van der Waals surface area contributed by atoms with E-state index in [4.69, 9.17) is 9.47 Å². The Hall–Kier alpha value is -2.75. The lowest BCUT2D eigenvalue weighted by molar-refractivity contribution is -0.268. The van der Waals surface area contributed by atoms with Gasteiger partial charge in [0.2, 0.25) is 0 Å². The van der Waals surface area contributed by atoms with Gasteiger partial charge in [0.15, 0.2) is 6.29 Å². The maximum absolute atomic E-state index is 12.4. The second kappa shape index (κ2) is 12.3. The molecule has 1 saturated heterocycles. The van der Waals surface area contributed by atoms with Gasteiger partial charge < -0.3 is 25.0 Å². The number of hydrogen-bond donors (Lipinski definition) is 3. The van der Waals surface area contributed by atoms with Crippen LogP contribution in [0.3, 0.4) is 0 Å². The Morgan fingerprint density at radius 3 is 2.43 bits per heavy atom. The van der Waals surface area contributed by atoms with E-state index in [2.05, 4.69) is 17.2 Å². The van der Waals surface area contributed by atoms with E-state index >= 15 is 0 Å². The summed E-state index contributed by atoms with van der Waals surface area (Å²) in [4.78, 5) is 16.4. The summed E-state index contributed by atoms with van der Waals surface area (Å²) in [5, 5.41) is 21.5. The van der Waals surface area contributed by atoms with Gasteiger partial charge in [-0.3, -0.25) is 9.78 Å². The molecule has 0 radical (unpaired) electrons. The standard InChI is InChI=1S/C27H30N2O5S/c1-18-24(17-35-14-13-30)33-27(34-25(18)20-6-4-19(16-31)5-7-20)21-8-10-23(11-9-21)29-26(32)22-3-2-12-28-15-22/h2-12,15,18,24-25,27,30-31H,13-14,16-17H2,1H3,(H,29,32)/t18-,24+,25+,27+/m0/s1. The lowest BCUT2D eigenvalue weighted by atomic mass is 9.91. The predicted molar refractivity (Wildman–Crippen MR) is 136 cm³/mol. The molecular weight excluding hydrogens is 464 g/mol. The minimum absolute atomic E-state index is 0.00279. The summed E-state index contributed by atoms with van der Waals surface area (Å²) in [6.07, 6.45) is 2.32. The Kier molecular flexibility index (Phi) is 8.90. The zero-order valence-corrected chi connectivity index (χ0v) is 20.4. The van der Waals surface area contributed by atoms with Gasteiger partial charge in [0.05, 0.1) is 31.0 Å². The smallest absolute Gasteiger partial charge is 0.257 e.